The highest BCUT2D eigenvalue weighted by Crippen LogP contribution is 2.37. The molecule has 3 aromatic heterocycles. The Bertz CT molecular complexity index is 1580. The first kappa shape index (κ1) is 28.4. The van der Waals surface area contributed by atoms with E-state index in [4.69, 9.17) is 4.98 Å². The van der Waals surface area contributed by atoms with Crippen LogP contribution in [0, 0.1) is 13.8 Å². The third-order valence-electron chi connectivity index (χ3n) is 7.27. The van der Waals surface area contributed by atoms with Gasteiger partial charge in [0.05, 0.1) is 22.5 Å². The maximum atomic E-state index is 13.1. The minimum absolute atomic E-state index is 0.0975. The predicted octanol–water partition coefficient (Wildman–Crippen LogP) is 6.16. The predicted molar refractivity (Wildman–Crippen MR) is 167 cm³/mol. The van der Waals surface area contributed by atoms with Gasteiger partial charge >= 0.3 is 0 Å². The largest absolute Gasteiger partial charge is 0.358 e. The number of carbonyl (C=O) groups excluding carboxylic acids is 2. The molecular weight excluding hydrogens is 532 g/mol. The fraction of sp³-hybridized carbons (Fsp3) is 0.312. The molecule has 0 atom stereocenters. The van der Waals surface area contributed by atoms with E-state index in [1.165, 1.54) is 11.3 Å². The van der Waals surface area contributed by atoms with Crippen molar-refractivity contribution in [1.29, 1.82) is 0 Å². The average Bonchev–Trinajstić information content (AvgIpc) is 3.65. The smallest absolute Gasteiger partial charge is 0.256 e. The second kappa shape index (κ2) is 12.6. The van der Waals surface area contributed by atoms with Gasteiger partial charge < -0.3 is 20.5 Å². The van der Waals surface area contributed by atoms with Crippen LogP contribution in [-0.2, 0) is 4.79 Å². The number of aromatic amines is 1. The molecule has 0 saturated heterocycles. The van der Waals surface area contributed by atoms with E-state index in [-0.39, 0.29) is 11.8 Å². The normalized spacial score (nSPS) is 13.6. The van der Waals surface area contributed by atoms with Gasteiger partial charge in [0.15, 0.2) is 0 Å². The second-order valence-corrected chi connectivity index (χ2v) is 11.1. The SMILES string of the molecule is CCCN(CCC)CCNC(=O)c1c(C)[nH]c(/C=C2\C(=O)Nc3ccc(-c4csc(-c5ccccn5)n4)cc32)c1C. The van der Waals surface area contributed by atoms with Crippen LogP contribution in [0.4, 0.5) is 5.69 Å². The lowest BCUT2D eigenvalue weighted by molar-refractivity contribution is -0.110. The van der Waals surface area contributed by atoms with E-state index >= 15 is 0 Å². The Balaban J connectivity index is 1.37. The molecule has 9 heteroatoms. The summed E-state index contributed by atoms with van der Waals surface area (Å²) in [5.74, 6) is -0.270. The van der Waals surface area contributed by atoms with Crippen LogP contribution >= 0.6 is 11.3 Å². The number of nitrogens with one attached hydrogen (secondary N) is 3. The minimum atomic E-state index is -0.172. The number of rotatable bonds is 11. The number of amides is 2. The number of nitrogens with zero attached hydrogens (tertiary/aromatic N) is 3. The summed E-state index contributed by atoms with van der Waals surface area (Å²) in [5, 5.41) is 8.91. The third-order valence-corrected chi connectivity index (χ3v) is 8.14. The molecule has 212 valence electrons. The van der Waals surface area contributed by atoms with E-state index in [1.807, 2.05) is 61.7 Å². The number of pyridine rings is 1. The Morgan fingerprint density at radius 3 is 2.61 bits per heavy atom. The average molecular weight is 569 g/mol. The van der Waals surface area contributed by atoms with Crippen LogP contribution in [0.5, 0.6) is 0 Å². The van der Waals surface area contributed by atoms with Gasteiger partial charge in [-0.15, -0.1) is 11.3 Å². The van der Waals surface area contributed by atoms with Gasteiger partial charge in [-0.25, -0.2) is 4.98 Å². The van der Waals surface area contributed by atoms with Crippen molar-refractivity contribution in [3.05, 3.63) is 76.1 Å². The molecule has 2 amide bonds. The zero-order valence-electron chi connectivity index (χ0n) is 24.0. The number of fused-ring (bicyclic) bond motifs is 1. The molecule has 1 aromatic carbocycles. The molecular formula is C32H36N6O2S. The number of carbonyl (C=O) groups is 2. The highest BCUT2D eigenvalue weighted by molar-refractivity contribution is 7.13. The van der Waals surface area contributed by atoms with E-state index < -0.39 is 0 Å². The van der Waals surface area contributed by atoms with Crippen molar-refractivity contribution < 1.29 is 9.59 Å². The molecule has 0 saturated carbocycles. The van der Waals surface area contributed by atoms with Gasteiger partial charge in [-0.05, 0) is 75.7 Å². The van der Waals surface area contributed by atoms with E-state index in [2.05, 4.69) is 39.3 Å². The van der Waals surface area contributed by atoms with Crippen LogP contribution in [0.25, 0.3) is 33.6 Å². The molecule has 1 aliphatic rings. The number of hydrogen-bond donors (Lipinski definition) is 3. The first-order valence-electron chi connectivity index (χ1n) is 14.1. The van der Waals surface area contributed by atoms with E-state index in [1.54, 1.807) is 6.20 Å². The summed E-state index contributed by atoms with van der Waals surface area (Å²) in [5.41, 5.74) is 7.69. The molecule has 4 heterocycles. The number of hydrogen-bond acceptors (Lipinski definition) is 6. The van der Waals surface area contributed by atoms with Gasteiger partial charge in [-0.1, -0.05) is 26.0 Å². The molecule has 1 aliphatic heterocycles. The topological polar surface area (TPSA) is 103 Å². The fourth-order valence-electron chi connectivity index (χ4n) is 5.29. The summed E-state index contributed by atoms with van der Waals surface area (Å²) >= 11 is 1.54. The number of thiazole rings is 1. The molecule has 0 aliphatic carbocycles. The maximum absolute atomic E-state index is 13.1. The zero-order chi connectivity index (χ0) is 28.9. The van der Waals surface area contributed by atoms with E-state index in [9.17, 15) is 9.59 Å². The summed E-state index contributed by atoms with van der Waals surface area (Å²) in [6.07, 6.45) is 5.79. The lowest BCUT2D eigenvalue weighted by atomic mass is 10.0. The Morgan fingerprint density at radius 2 is 1.88 bits per heavy atom. The van der Waals surface area contributed by atoms with Crippen molar-refractivity contribution in [1.82, 2.24) is 25.2 Å². The van der Waals surface area contributed by atoms with Crippen LogP contribution in [0.2, 0.25) is 0 Å². The summed E-state index contributed by atoms with van der Waals surface area (Å²) in [6, 6.07) is 11.6. The molecule has 0 fully saturated rings. The van der Waals surface area contributed by atoms with E-state index in [0.29, 0.717) is 17.7 Å². The summed E-state index contributed by atoms with van der Waals surface area (Å²) in [6.45, 7) is 11.6. The van der Waals surface area contributed by atoms with E-state index in [0.717, 1.165) is 82.6 Å². The van der Waals surface area contributed by atoms with Crippen LogP contribution in [0.3, 0.4) is 0 Å². The van der Waals surface area contributed by atoms with Gasteiger partial charge in [0.25, 0.3) is 11.8 Å². The number of H-pyrrole nitrogens is 1. The molecule has 4 aromatic rings. The van der Waals surface area contributed by atoms with Gasteiger partial charge in [0.1, 0.15) is 5.01 Å². The quantitative estimate of drug-likeness (QED) is 0.188. The molecule has 0 radical (unpaired) electrons. The maximum Gasteiger partial charge on any atom is 0.256 e. The lowest BCUT2D eigenvalue weighted by Gasteiger charge is -2.21. The number of aromatic nitrogens is 3. The van der Waals surface area contributed by atoms with Gasteiger partial charge in [0.2, 0.25) is 0 Å². The zero-order valence-corrected chi connectivity index (χ0v) is 24.8. The van der Waals surface area contributed by atoms with Crippen molar-refractivity contribution in [2.24, 2.45) is 0 Å². The Kier molecular flexibility index (Phi) is 8.75. The molecule has 0 bridgehead atoms. The standard InChI is InChI=1S/C32H36N6O2S/c1-5-14-38(15-6-2)16-13-34-31(40)29-20(3)27(35-21(29)4)18-24-23-17-22(10-11-25(23)36-30(24)39)28-19-41-32(37-28)26-9-7-8-12-33-26/h7-12,17-19,35H,5-6,13-16H2,1-4H3,(H,34,40)(H,36,39)/b24-18-. The molecule has 0 unspecified atom stereocenters. The highest BCUT2D eigenvalue weighted by Gasteiger charge is 2.26. The first-order valence-corrected chi connectivity index (χ1v) is 15.0. The number of aryl methyl sites for hydroxylation is 1. The van der Waals surface area contributed by atoms with Crippen LogP contribution < -0.4 is 10.6 Å². The minimum Gasteiger partial charge on any atom is -0.358 e. The highest BCUT2D eigenvalue weighted by atomic mass is 32.1. The number of benzene rings is 1. The molecule has 8 nitrogen and oxygen atoms in total. The van der Waals surface area contributed by atoms with Crippen molar-refractivity contribution in [2.75, 3.05) is 31.5 Å². The second-order valence-electron chi connectivity index (χ2n) is 10.3. The van der Waals surface area contributed by atoms with Crippen LogP contribution in [-0.4, -0.2) is 57.8 Å². The fourth-order valence-corrected chi connectivity index (χ4v) is 6.10. The molecule has 0 spiro atoms. The van der Waals surface area contributed by atoms with Crippen molar-refractivity contribution in [2.45, 2.75) is 40.5 Å². The van der Waals surface area contributed by atoms with Gasteiger partial charge in [0, 0.05) is 52.9 Å². The summed E-state index contributed by atoms with van der Waals surface area (Å²) < 4.78 is 0. The number of anilines is 1. The molecule has 41 heavy (non-hydrogen) atoms. The summed E-state index contributed by atoms with van der Waals surface area (Å²) in [7, 11) is 0. The molecule has 3 N–H and O–H groups in total. The van der Waals surface area contributed by atoms with Crippen molar-refractivity contribution >= 4 is 40.5 Å². The van der Waals surface area contributed by atoms with Gasteiger partial charge in [-0.3, -0.25) is 14.6 Å². The first-order chi connectivity index (χ1) is 19.9. The Morgan fingerprint density at radius 1 is 1.07 bits per heavy atom. The Labute approximate surface area is 244 Å². The third kappa shape index (κ3) is 6.16. The summed E-state index contributed by atoms with van der Waals surface area (Å²) in [4.78, 5) is 41.1. The van der Waals surface area contributed by atoms with Crippen LogP contribution in [0.1, 0.15) is 59.6 Å². The van der Waals surface area contributed by atoms with Crippen molar-refractivity contribution in [3.8, 4) is 22.0 Å². The van der Waals surface area contributed by atoms with Crippen molar-refractivity contribution in [3.63, 3.8) is 0 Å². The molecule has 5 rings (SSSR count). The van der Waals surface area contributed by atoms with Crippen LogP contribution in [0.15, 0.2) is 48.0 Å². The monoisotopic (exact) mass is 568 g/mol. The Hall–Kier alpha value is -4.08. The lowest BCUT2D eigenvalue weighted by Crippen LogP contribution is -2.36. The van der Waals surface area contributed by atoms with Gasteiger partial charge in [-0.2, -0.15) is 0 Å².